The first-order chi connectivity index (χ1) is 9.11. The minimum atomic E-state index is 0.707. The third kappa shape index (κ3) is 10.6. The van der Waals surface area contributed by atoms with Gasteiger partial charge in [0.25, 0.3) is 0 Å². The molecule has 0 saturated carbocycles. The molecule has 0 aliphatic heterocycles. The van der Waals surface area contributed by atoms with Crippen molar-refractivity contribution < 1.29 is 0 Å². The zero-order valence-electron chi connectivity index (χ0n) is 13.4. The van der Waals surface area contributed by atoms with E-state index in [4.69, 9.17) is 0 Å². The van der Waals surface area contributed by atoms with Gasteiger partial charge in [-0.05, 0) is 38.0 Å². The van der Waals surface area contributed by atoms with Crippen LogP contribution in [0.15, 0.2) is 48.6 Å². The first-order valence-electron chi connectivity index (χ1n) is 7.72. The lowest BCUT2D eigenvalue weighted by Gasteiger charge is -2.14. The summed E-state index contributed by atoms with van der Waals surface area (Å²) >= 11 is 0. The summed E-state index contributed by atoms with van der Waals surface area (Å²) in [6.45, 7) is 12.8. The topological polar surface area (TPSA) is 0 Å². The fourth-order valence-electron chi connectivity index (χ4n) is 2.02. The van der Waals surface area contributed by atoms with E-state index in [9.17, 15) is 0 Å². The minimum Gasteiger partial charge on any atom is -0.103 e. The molecular formula is C19H32. The van der Waals surface area contributed by atoms with E-state index < -0.39 is 0 Å². The number of hydrogen-bond acceptors (Lipinski definition) is 0. The molecule has 0 fully saturated rings. The second-order valence-corrected chi connectivity index (χ2v) is 5.51. The highest BCUT2D eigenvalue weighted by atomic mass is 14.1. The number of hydrogen-bond donors (Lipinski definition) is 0. The van der Waals surface area contributed by atoms with Crippen LogP contribution in [-0.4, -0.2) is 0 Å². The van der Waals surface area contributed by atoms with Crippen LogP contribution in [-0.2, 0) is 0 Å². The summed E-state index contributed by atoms with van der Waals surface area (Å²) in [5.74, 6) is 1.51. The fourth-order valence-corrected chi connectivity index (χ4v) is 2.02. The van der Waals surface area contributed by atoms with Gasteiger partial charge in [0, 0.05) is 0 Å². The van der Waals surface area contributed by atoms with Gasteiger partial charge in [0.1, 0.15) is 0 Å². The highest BCUT2D eigenvalue weighted by Crippen LogP contribution is 2.18. The summed E-state index contributed by atoms with van der Waals surface area (Å²) in [6, 6.07) is 0. The maximum atomic E-state index is 3.72. The van der Waals surface area contributed by atoms with Crippen LogP contribution in [0.4, 0.5) is 0 Å². The van der Waals surface area contributed by atoms with Crippen LogP contribution in [0.25, 0.3) is 0 Å². The highest BCUT2D eigenvalue weighted by molar-refractivity contribution is 5.16. The Bertz CT molecular complexity index is 304. The molecule has 108 valence electrons. The summed E-state index contributed by atoms with van der Waals surface area (Å²) in [4.78, 5) is 0. The van der Waals surface area contributed by atoms with Crippen LogP contribution < -0.4 is 0 Å². The van der Waals surface area contributed by atoms with E-state index >= 15 is 0 Å². The Balaban J connectivity index is 3.84. The van der Waals surface area contributed by atoms with Gasteiger partial charge in [-0.2, -0.15) is 0 Å². The quantitative estimate of drug-likeness (QED) is 0.240. The van der Waals surface area contributed by atoms with Crippen molar-refractivity contribution >= 4 is 0 Å². The van der Waals surface area contributed by atoms with Gasteiger partial charge >= 0.3 is 0 Å². The normalized spacial score (nSPS) is 16.1. The molecule has 2 atom stereocenters. The molecular weight excluding hydrogens is 228 g/mol. The monoisotopic (exact) mass is 260 g/mol. The molecule has 0 heteroatoms. The van der Waals surface area contributed by atoms with Gasteiger partial charge in [-0.15, -0.1) is 6.58 Å². The number of rotatable bonds is 10. The second-order valence-electron chi connectivity index (χ2n) is 5.51. The molecule has 19 heavy (non-hydrogen) atoms. The van der Waals surface area contributed by atoms with E-state index in [0.29, 0.717) is 5.92 Å². The van der Waals surface area contributed by atoms with Crippen molar-refractivity contribution in [2.45, 2.75) is 59.8 Å². The predicted molar refractivity (Wildman–Crippen MR) is 89.3 cm³/mol. The van der Waals surface area contributed by atoms with E-state index in [1.165, 1.54) is 18.4 Å². The second kappa shape index (κ2) is 12.0. The van der Waals surface area contributed by atoms with E-state index in [1.54, 1.807) is 0 Å². The zero-order chi connectivity index (χ0) is 14.5. The van der Waals surface area contributed by atoms with Crippen molar-refractivity contribution in [2.75, 3.05) is 0 Å². The summed E-state index contributed by atoms with van der Waals surface area (Å²) < 4.78 is 0. The summed E-state index contributed by atoms with van der Waals surface area (Å²) in [5.41, 5.74) is 1.33. The average molecular weight is 260 g/mol. The molecule has 0 radical (unpaired) electrons. The van der Waals surface area contributed by atoms with Gasteiger partial charge < -0.3 is 0 Å². The summed E-state index contributed by atoms with van der Waals surface area (Å²) in [5, 5.41) is 0. The van der Waals surface area contributed by atoms with Crippen molar-refractivity contribution in [1.82, 2.24) is 0 Å². The SMILES string of the molecule is C=CCC=C(C)C=CCCC=CC(C)C(C)CCC. The first-order valence-corrected chi connectivity index (χ1v) is 7.72. The Morgan fingerprint density at radius 3 is 2.47 bits per heavy atom. The molecule has 2 unspecified atom stereocenters. The van der Waals surface area contributed by atoms with Crippen LogP contribution in [0.2, 0.25) is 0 Å². The van der Waals surface area contributed by atoms with Crippen LogP contribution in [0.1, 0.15) is 59.8 Å². The van der Waals surface area contributed by atoms with Gasteiger partial charge in [0.2, 0.25) is 0 Å². The van der Waals surface area contributed by atoms with Crippen molar-refractivity contribution in [3.63, 3.8) is 0 Å². The molecule has 0 heterocycles. The van der Waals surface area contributed by atoms with Gasteiger partial charge in [-0.25, -0.2) is 0 Å². The smallest absolute Gasteiger partial charge is 0.0166 e. The highest BCUT2D eigenvalue weighted by Gasteiger charge is 2.06. The molecule has 0 aromatic carbocycles. The standard InChI is InChI=1S/C19H32/c1-6-8-14-17(3)15-11-9-10-12-16-19(5)18(4)13-7-2/h6,11-12,14-16,18-19H,1,7-10,13H2,2-5H3. The van der Waals surface area contributed by atoms with Gasteiger partial charge in [0.15, 0.2) is 0 Å². The van der Waals surface area contributed by atoms with Gasteiger partial charge in [-0.1, -0.05) is 75.6 Å². The molecule has 0 aromatic rings. The van der Waals surface area contributed by atoms with Crippen LogP contribution in [0.5, 0.6) is 0 Å². The van der Waals surface area contributed by atoms with Gasteiger partial charge in [-0.3, -0.25) is 0 Å². The van der Waals surface area contributed by atoms with Crippen LogP contribution >= 0.6 is 0 Å². The van der Waals surface area contributed by atoms with Gasteiger partial charge in [0.05, 0.1) is 0 Å². The zero-order valence-corrected chi connectivity index (χ0v) is 13.4. The average Bonchev–Trinajstić information content (AvgIpc) is 2.40. The fraction of sp³-hybridized carbons (Fsp3) is 0.579. The van der Waals surface area contributed by atoms with E-state index in [0.717, 1.165) is 25.2 Å². The largest absolute Gasteiger partial charge is 0.103 e. The van der Waals surface area contributed by atoms with Crippen molar-refractivity contribution in [2.24, 2.45) is 11.8 Å². The summed E-state index contributed by atoms with van der Waals surface area (Å²) in [6.07, 6.45) is 19.2. The number of allylic oxidation sites excluding steroid dienone is 7. The predicted octanol–water partition coefficient (Wildman–Crippen LogP) is 6.47. The molecule has 0 nitrogen and oxygen atoms in total. The number of unbranched alkanes of at least 4 members (excludes halogenated alkanes) is 1. The molecule has 0 aromatic heterocycles. The third-order valence-electron chi connectivity index (χ3n) is 3.57. The maximum Gasteiger partial charge on any atom is -0.0166 e. The molecule has 0 aliphatic rings. The van der Waals surface area contributed by atoms with E-state index in [1.807, 2.05) is 6.08 Å². The molecule has 0 bridgehead atoms. The van der Waals surface area contributed by atoms with Crippen molar-refractivity contribution in [3.8, 4) is 0 Å². The molecule has 0 saturated heterocycles. The Labute approximate surface area is 121 Å². The summed E-state index contributed by atoms with van der Waals surface area (Å²) in [7, 11) is 0. The Hall–Kier alpha value is -1.04. The molecule has 0 amide bonds. The first kappa shape index (κ1) is 18.0. The minimum absolute atomic E-state index is 0.707. The molecule has 0 N–H and O–H groups in total. The Morgan fingerprint density at radius 1 is 1.16 bits per heavy atom. The Kier molecular flexibility index (Phi) is 11.4. The van der Waals surface area contributed by atoms with Crippen LogP contribution in [0, 0.1) is 11.8 Å². The van der Waals surface area contributed by atoms with E-state index in [-0.39, 0.29) is 0 Å². The Morgan fingerprint density at radius 2 is 1.84 bits per heavy atom. The molecule has 0 spiro atoms. The lowest BCUT2D eigenvalue weighted by atomic mass is 9.91. The molecule has 0 aliphatic carbocycles. The lowest BCUT2D eigenvalue weighted by molar-refractivity contribution is 0.423. The van der Waals surface area contributed by atoms with Crippen LogP contribution in [0.3, 0.4) is 0 Å². The lowest BCUT2D eigenvalue weighted by Crippen LogP contribution is -2.04. The molecule has 0 rings (SSSR count). The van der Waals surface area contributed by atoms with E-state index in [2.05, 4.69) is 64.7 Å². The maximum absolute atomic E-state index is 3.72. The third-order valence-corrected chi connectivity index (χ3v) is 3.57. The van der Waals surface area contributed by atoms with Crippen molar-refractivity contribution in [1.29, 1.82) is 0 Å². The van der Waals surface area contributed by atoms with Crippen molar-refractivity contribution in [3.05, 3.63) is 48.6 Å².